The van der Waals surface area contributed by atoms with E-state index in [-0.39, 0.29) is 0 Å². The van der Waals surface area contributed by atoms with E-state index in [1.54, 1.807) is 6.07 Å². The summed E-state index contributed by atoms with van der Waals surface area (Å²) in [5, 5.41) is 3.66. The minimum atomic E-state index is 0.416. The Hall–Kier alpha value is -1.77. The minimum absolute atomic E-state index is 0.416. The molecule has 0 atom stereocenters. The molecule has 0 saturated heterocycles. The third-order valence-corrected chi connectivity index (χ3v) is 2.03. The summed E-state index contributed by atoms with van der Waals surface area (Å²) in [7, 11) is 0. The lowest BCUT2D eigenvalue weighted by Crippen LogP contribution is -1.81. The molecule has 14 heavy (non-hydrogen) atoms. The van der Waals surface area contributed by atoms with Crippen LogP contribution >= 0.6 is 0 Å². The Morgan fingerprint density at radius 1 is 1.07 bits per heavy atom. The van der Waals surface area contributed by atoms with Gasteiger partial charge < -0.3 is 10.3 Å². The molecule has 2 N–H and O–H groups in total. The molecule has 0 unspecified atom stereocenters. The lowest BCUT2D eigenvalue weighted by Gasteiger charge is -2.00. The number of nitrogens with two attached hydrogens (primary N) is 1. The quantitative estimate of drug-likeness (QED) is 0.748. The van der Waals surface area contributed by atoms with Crippen molar-refractivity contribution in [1.29, 1.82) is 0 Å². The first-order valence-electron chi connectivity index (χ1n) is 4.46. The fraction of sp³-hybridized carbons (Fsp3) is 0.182. The molecule has 72 valence electrons. The number of nitrogen functional groups attached to an aromatic ring is 1. The summed E-state index contributed by atoms with van der Waals surface area (Å²) in [5.74, 6) is 1.13. The zero-order valence-electron chi connectivity index (χ0n) is 8.24. The highest BCUT2D eigenvalue weighted by atomic mass is 16.5. The molecule has 2 rings (SSSR count). The molecule has 2 aromatic rings. The van der Waals surface area contributed by atoms with E-state index in [1.807, 2.05) is 12.1 Å². The van der Waals surface area contributed by atoms with Gasteiger partial charge in [-0.2, -0.15) is 0 Å². The molecular weight excluding hydrogens is 176 g/mol. The Morgan fingerprint density at radius 2 is 1.71 bits per heavy atom. The maximum Gasteiger partial charge on any atom is 0.169 e. The van der Waals surface area contributed by atoms with Crippen LogP contribution in [0.3, 0.4) is 0 Å². The molecule has 0 fully saturated rings. The van der Waals surface area contributed by atoms with Gasteiger partial charge in [0.2, 0.25) is 0 Å². The standard InChI is InChI=1S/C11H12N2O/c1-7-3-8(2)5-9(4-7)10-6-11(12)13-14-10/h3-6H,1-2H3,(H2,12,13). The molecule has 0 aliphatic heterocycles. The van der Waals surface area contributed by atoms with E-state index in [0.29, 0.717) is 11.6 Å². The maximum atomic E-state index is 5.49. The zero-order chi connectivity index (χ0) is 10.1. The van der Waals surface area contributed by atoms with Gasteiger partial charge in [-0.1, -0.05) is 22.3 Å². The van der Waals surface area contributed by atoms with E-state index in [0.717, 1.165) is 5.56 Å². The van der Waals surface area contributed by atoms with Gasteiger partial charge in [0, 0.05) is 11.6 Å². The zero-order valence-corrected chi connectivity index (χ0v) is 8.24. The second kappa shape index (κ2) is 3.18. The summed E-state index contributed by atoms with van der Waals surface area (Å²) in [4.78, 5) is 0. The molecule has 1 aromatic carbocycles. The number of anilines is 1. The second-order valence-corrected chi connectivity index (χ2v) is 3.49. The lowest BCUT2D eigenvalue weighted by molar-refractivity contribution is 0.436. The normalized spacial score (nSPS) is 10.4. The summed E-state index contributed by atoms with van der Waals surface area (Å²) in [6, 6.07) is 7.94. The predicted molar refractivity (Wildman–Crippen MR) is 55.8 cm³/mol. The molecule has 3 nitrogen and oxygen atoms in total. The third-order valence-electron chi connectivity index (χ3n) is 2.03. The van der Waals surface area contributed by atoms with E-state index in [2.05, 4.69) is 25.1 Å². The Bertz CT molecular complexity index is 440. The molecule has 0 bridgehead atoms. The highest BCUT2D eigenvalue weighted by Crippen LogP contribution is 2.23. The number of hydrogen-bond donors (Lipinski definition) is 1. The lowest BCUT2D eigenvalue weighted by atomic mass is 10.1. The van der Waals surface area contributed by atoms with Crippen LogP contribution in [0.1, 0.15) is 11.1 Å². The maximum absolute atomic E-state index is 5.49. The van der Waals surface area contributed by atoms with Gasteiger partial charge in [-0.3, -0.25) is 0 Å². The van der Waals surface area contributed by atoms with Crippen LogP contribution in [0.15, 0.2) is 28.8 Å². The fourth-order valence-corrected chi connectivity index (χ4v) is 1.54. The molecular formula is C11H12N2O. The first-order valence-corrected chi connectivity index (χ1v) is 4.46. The summed E-state index contributed by atoms with van der Waals surface area (Å²) < 4.78 is 5.09. The highest BCUT2D eigenvalue weighted by Gasteiger charge is 2.05. The van der Waals surface area contributed by atoms with Gasteiger partial charge in [-0.25, -0.2) is 0 Å². The molecule has 0 saturated carbocycles. The van der Waals surface area contributed by atoms with Crippen LogP contribution in [0.25, 0.3) is 11.3 Å². The van der Waals surface area contributed by atoms with Crippen molar-refractivity contribution in [2.24, 2.45) is 0 Å². The molecule has 0 amide bonds. The third kappa shape index (κ3) is 1.62. The second-order valence-electron chi connectivity index (χ2n) is 3.49. The monoisotopic (exact) mass is 188 g/mol. The molecule has 0 aliphatic carbocycles. The van der Waals surface area contributed by atoms with Crippen molar-refractivity contribution in [2.75, 3.05) is 5.73 Å². The van der Waals surface area contributed by atoms with Crippen molar-refractivity contribution < 1.29 is 4.52 Å². The number of hydrogen-bond acceptors (Lipinski definition) is 3. The van der Waals surface area contributed by atoms with Crippen LogP contribution in [-0.2, 0) is 0 Å². The van der Waals surface area contributed by atoms with Crippen molar-refractivity contribution in [1.82, 2.24) is 5.16 Å². The van der Waals surface area contributed by atoms with Crippen molar-refractivity contribution in [3.63, 3.8) is 0 Å². The Balaban J connectivity index is 2.51. The van der Waals surface area contributed by atoms with E-state index in [4.69, 9.17) is 10.3 Å². The molecule has 0 radical (unpaired) electrons. The van der Waals surface area contributed by atoms with Gasteiger partial charge in [-0.15, -0.1) is 0 Å². The van der Waals surface area contributed by atoms with Gasteiger partial charge >= 0.3 is 0 Å². The SMILES string of the molecule is Cc1cc(C)cc(-c2cc(N)no2)c1. The number of benzene rings is 1. The summed E-state index contributed by atoms with van der Waals surface area (Å²) in [6.07, 6.45) is 0. The van der Waals surface area contributed by atoms with Gasteiger partial charge in [0.25, 0.3) is 0 Å². The highest BCUT2D eigenvalue weighted by molar-refractivity contribution is 5.61. The predicted octanol–water partition coefficient (Wildman–Crippen LogP) is 2.54. The molecule has 1 heterocycles. The van der Waals surface area contributed by atoms with Gasteiger partial charge in [0.15, 0.2) is 11.6 Å². The van der Waals surface area contributed by atoms with Crippen LogP contribution in [0.5, 0.6) is 0 Å². The Kier molecular flexibility index (Phi) is 2.00. The molecule has 0 aliphatic rings. The minimum Gasteiger partial charge on any atom is -0.381 e. The van der Waals surface area contributed by atoms with Crippen molar-refractivity contribution >= 4 is 5.82 Å². The van der Waals surface area contributed by atoms with Crippen LogP contribution in [0.2, 0.25) is 0 Å². The van der Waals surface area contributed by atoms with Crippen LogP contribution in [0, 0.1) is 13.8 Å². The molecule has 3 heteroatoms. The number of aromatic nitrogens is 1. The molecule has 1 aromatic heterocycles. The van der Waals surface area contributed by atoms with Crippen molar-refractivity contribution in [3.05, 3.63) is 35.4 Å². The van der Waals surface area contributed by atoms with Crippen LogP contribution < -0.4 is 5.73 Å². The van der Waals surface area contributed by atoms with Crippen molar-refractivity contribution in [2.45, 2.75) is 13.8 Å². The largest absolute Gasteiger partial charge is 0.381 e. The van der Waals surface area contributed by atoms with E-state index in [9.17, 15) is 0 Å². The Labute approximate surface area is 82.5 Å². The van der Waals surface area contributed by atoms with Gasteiger partial charge in [0.1, 0.15) is 0 Å². The molecule has 0 spiro atoms. The summed E-state index contributed by atoms with van der Waals surface area (Å²) >= 11 is 0. The topological polar surface area (TPSA) is 52.0 Å². The average molecular weight is 188 g/mol. The van der Waals surface area contributed by atoms with Crippen LogP contribution in [-0.4, -0.2) is 5.16 Å². The van der Waals surface area contributed by atoms with Gasteiger partial charge in [0.05, 0.1) is 0 Å². The average Bonchev–Trinajstić information content (AvgIpc) is 2.50. The summed E-state index contributed by atoms with van der Waals surface area (Å²) in [6.45, 7) is 4.10. The van der Waals surface area contributed by atoms with Gasteiger partial charge in [-0.05, 0) is 26.0 Å². The smallest absolute Gasteiger partial charge is 0.169 e. The van der Waals surface area contributed by atoms with E-state index < -0.39 is 0 Å². The number of nitrogens with zero attached hydrogens (tertiary/aromatic N) is 1. The number of aryl methyl sites for hydroxylation is 2. The van der Waals surface area contributed by atoms with E-state index >= 15 is 0 Å². The summed E-state index contributed by atoms with van der Waals surface area (Å²) in [5.41, 5.74) is 8.91. The first kappa shape index (κ1) is 8.81. The number of rotatable bonds is 1. The van der Waals surface area contributed by atoms with Crippen molar-refractivity contribution in [3.8, 4) is 11.3 Å². The first-order chi connectivity index (χ1) is 6.65. The Morgan fingerprint density at radius 3 is 2.21 bits per heavy atom. The van der Waals surface area contributed by atoms with E-state index in [1.165, 1.54) is 11.1 Å². The fourth-order valence-electron chi connectivity index (χ4n) is 1.54. The van der Waals surface area contributed by atoms with Crippen LogP contribution in [0.4, 0.5) is 5.82 Å².